The number of amides is 1. The maximum atomic E-state index is 13.2. The standard InChI is InChI=1S/C24H37N3O2/c1-23-11-9-19-17(15-25-21-14-16(28)8-10-24(19,21)2)18(23)6-7-20(23)22(29)26-27-12-4-3-5-13-27/h14,17-20,25H,3-13,15H2,1-2H3,(H,26,29)/t17-,18-,19+,20?,23-,24+/m0/s1. The number of rotatable bonds is 2. The lowest BCUT2D eigenvalue weighted by atomic mass is 9.50. The van der Waals surface area contributed by atoms with E-state index in [1.54, 1.807) is 0 Å². The van der Waals surface area contributed by atoms with Crippen LogP contribution in [-0.2, 0) is 9.59 Å². The Morgan fingerprint density at radius 2 is 1.90 bits per heavy atom. The van der Waals surface area contributed by atoms with Crippen molar-refractivity contribution < 1.29 is 9.59 Å². The molecule has 2 saturated heterocycles. The zero-order valence-electron chi connectivity index (χ0n) is 18.1. The molecule has 29 heavy (non-hydrogen) atoms. The molecule has 2 aliphatic heterocycles. The van der Waals surface area contributed by atoms with Gasteiger partial charge in [0.2, 0.25) is 5.91 Å². The smallest absolute Gasteiger partial charge is 0.237 e. The Labute approximate surface area is 175 Å². The predicted octanol–water partition coefficient (Wildman–Crippen LogP) is 3.42. The van der Waals surface area contributed by atoms with Crippen molar-refractivity contribution in [2.45, 2.75) is 71.6 Å². The van der Waals surface area contributed by atoms with Crippen molar-refractivity contribution in [3.8, 4) is 0 Å². The van der Waals surface area contributed by atoms with Gasteiger partial charge in [0.1, 0.15) is 0 Å². The molecule has 2 saturated carbocycles. The van der Waals surface area contributed by atoms with Crippen molar-refractivity contribution in [2.24, 2.45) is 34.5 Å². The summed E-state index contributed by atoms with van der Waals surface area (Å²) in [5.74, 6) is 2.57. The van der Waals surface area contributed by atoms with Gasteiger partial charge in [-0.2, -0.15) is 0 Å². The van der Waals surface area contributed by atoms with Crippen LogP contribution in [0.25, 0.3) is 0 Å². The molecule has 6 atom stereocenters. The summed E-state index contributed by atoms with van der Waals surface area (Å²) in [6.45, 7) is 7.76. The first kappa shape index (κ1) is 19.6. The van der Waals surface area contributed by atoms with Crippen LogP contribution in [0, 0.1) is 34.5 Å². The third kappa shape index (κ3) is 3.07. The number of hydrogen-bond acceptors (Lipinski definition) is 4. The number of nitrogens with one attached hydrogen (secondary N) is 2. The number of carbonyl (C=O) groups is 2. The Morgan fingerprint density at radius 3 is 2.69 bits per heavy atom. The van der Waals surface area contributed by atoms with E-state index in [9.17, 15) is 9.59 Å². The normalized spacial score (nSPS) is 44.8. The van der Waals surface area contributed by atoms with Gasteiger partial charge in [-0.05, 0) is 68.1 Å². The lowest BCUT2D eigenvalue weighted by Crippen LogP contribution is -2.58. The van der Waals surface area contributed by atoms with E-state index >= 15 is 0 Å². The molecule has 0 bridgehead atoms. The number of ketones is 1. The second-order valence-electron chi connectivity index (χ2n) is 10.9. The van der Waals surface area contributed by atoms with Crippen LogP contribution in [0.3, 0.4) is 0 Å². The van der Waals surface area contributed by atoms with Gasteiger partial charge < -0.3 is 5.32 Å². The minimum atomic E-state index is 0.116. The fourth-order valence-corrected chi connectivity index (χ4v) is 7.81. The molecular formula is C24H37N3O2. The first-order valence-electron chi connectivity index (χ1n) is 12.0. The van der Waals surface area contributed by atoms with E-state index in [0.717, 1.165) is 38.9 Å². The van der Waals surface area contributed by atoms with Crippen molar-refractivity contribution in [2.75, 3.05) is 19.6 Å². The summed E-state index contributed by atoms with van der Waals surface area (Å²) in [7, 11) is 0. The number of piperidine rings is 2. The predicted molar refractivity (Wildman–Crippen MR) is 113 cm³/mol. The Balaban J connectivity index is 1.34. The zero-order valence-corrected chi connectivity index (χ0v) is 18.1. The minimum Gasteiger partial charge on any atom is -0.387 e. The Hall–Kier alpha value is -1.36. The van der Waals surface area contributed by atoms with Crippen molar-refractivity contribution in [3.05, 3.63) is 11.8 Å². The van der Waals surface area contributed by atoms with Gasteiger partial charge in [0, 0.05) is 49.2 Å². The van der Waals surface area contributed by atoms with Gasteiger partial charge in [-0.25, -0.2) is 5.01 Å². The Morgan fingerprint density at radius 1 is 1.10 bits per heavy atom. The summed E-state index contributed by atoms with van der Waals surface area (Å²) >= 11 is 0. The molecule has 5 nitrogen and oxygen atoms in total. The highest BCUT2D eigenvalue weighted by molar-refractivity contribution is 5.91. The zero-order chi connectivity index (χ0) is 20.2. The van der Waals surface area contributed by atoms with Crippen LogP contribution in [0.1, 0.15) is 71.6 Å². The molecule has 0 radical (unpaired) electrons. The maximum Gasteiger partial charge on any atom is 0.237 e. The molecule has 2 heterocycles. The van der Waals surface area contributed by atoms with Crippen LogP contribution in [-0.4, -0.2) is 36.3 Å². The molecule has 0 aromatic rings. The summed E-state index contributed by atoms with van der Waals surface area (Å²) in [6.07, 6.45) is 11.8. The van der Waals surface area contributed by atoms with E-state index in [-0.39, 0.29) is 28.4 Å². The van der Waals surface area contributed by atoms with Crippen molar-refractivity contribution >= 4 is 11.7 Å². The summed E-state index contributed by atoms with van der Waals surface area (Å²) in [6, 6.07) is 0. The second-order valence-corrected chi connectivity index (χ2v) is 10.9. The van der Waals surface area contributed by atoms with E-state index in [2.05, 4.69) is 29.6 Å². The number of nitrogens with zero attached hydrogens (tertiary/aromatic N) is 1. The number of hydrazine groups is 1. The molecule has 1 amide bonds. The van der Waals surface area contributed by atoms with E-state index in [4.69, 9.17) is 0 Å². The topological polar surface area (TPSA) is 61.4 Å². The van der Waals surface area contributed by atoms with Gasteiger partial charge in [-0.3, -0.25) is 15.0 Å². The third-order valence-corrected chi connectivity index (χ3v) is 9.54. The fourth-order valence-electron chi connectivity index (χ4n) is 7.81. The van der Waals surface area contributed by atoms with Gasteiger partial charge in [-0.15, -0.1) is 0 Å². The number of allylic oxidation sites excluding steroid dienone is 2. The first-order valence-corrected chi connectivity index (χ1v) is 12.0. The molecule has 2 N–H and O–H groups in total. The van der Waals surface area contributed by atoms with Crippen molar-refractivity contribution in [1.82, 2.24) is 15.8 Å². The molecule has 1 unspecified atom stereocenters. The maximum absolute atomic E-state index is 13.2. The molecule has 4 fully saturated rings. The van der Waals surface area contributed by atoms with E-state index in [1.807, 2.05) is 6.08 Å². The van der Waals surface area contributed by atoms with E-state index in [1.165, 1.54) is 37.8 Å². The quantitative estimate of drug-likeness (QED) is 0.747. The van der Waals surface area contributed by atoms with Crippen LogP contribution in [0.15, 0.2) is 11.8 Å². The number of hydrogen-bond donors (Lipinski definition) is 2. The molecule has 5 aliphatic rings. The van der Waals surface area contributed by atoms with Crippen molar-refractivity contribution in [1.29, 1.82) is 0 Å². The van der Waals surface area contributed by atoms with Gasteiger partial charge >= 0.3 is 0 Å². The largest absolute Gasteiger partial charge is 0.387 e. The molecule has 0 aromatic heterocycles. The highest BCUT2D eigenvalue weighted by Crippen LogP contribution is 2.64. The molecule has 160 valence electrons. The van der Waals surface area contributed by atoms with Crippen LogP contribution in [0.5, 0.6) is 0 Å². The SMILES string of the molecule is C[C@]12CCC(=O)C=C1NC[C@@H]1[C@H]2CC[C@]2(C)C(C(=O)NN3CCCCC3)CC[C@@H]12. The molecule has 5 heteroatoms. The van der Waals surface area contributed by atoms with Crippen LogP contribution in [0.2, 0.25) is 0 Å². The first-order chi connectivity index (χ1) is 13.9. The van der Waals surface area contributed by atoms with Gasteiger partial charge in [0.05, 0.1) is 0 Å². The van der Waals surface area contributed by atoms with Crippen LogP contribution >= 0.6 is 0 Å². The van der Waals surface area contributed by atoms with Crippen LogP contribution < -0.4 is 10.7 Å². The second kappa shape index (κ2) is 7.11. The number of fused-ring (bicyclic) bond motifs is 5. The average Bonchev–Trinajstić information content (AvgIpc) is 3.06. The summed E-state index contributed by atoms with van der Waals surface area (Å²) in [5, 5.41) is 5.82. The average molecular weight is 400 g/mol. The minimum absolute atomic E-state index is 0.116. The summed E-state index contributed by atoms with van der Waals surface area (Å²) in [4.78, 5) is 25.2. The summed E-state index contributed by atoms with van der Waals surface area (Å²) < 4.78 is 0. The Kier molecular flexibility index (Phi) is 4.80. The molecule has 5 rings (SSSR count). The highest BCUT2D eigenvalue weighted by Gasteiger charge is 2.60. The fraction of sp³-hybridized carbons (Fsp3) is 0.833. The molecule has 3 aliphatic carbocycles. The van der Waals surface area contributed by atoms with E-state index in [0.29, 0.717) is 24.2 Å². The number of carbonyl (C=O) groups excluding carboxylic acids is 2. The lowest BCUT2D eigenvalue weighted by Gasteiger charge is -2.58. The monoisotopic (exact) mass is 399 g/mol. The van der Waals surface area contributed by atoms with Gasteiger partial charge in [0.15, 0.2) is 5.78 Å². The molecule has 0 spiro atoms. The third-order valence-electron chi connectivity index (χ3n) is 9.54. The molecule has 0 aromatic carbocycles. The lowest BCUT2D eigenvalue weighted by molar-refractivity contribution is -0.137. The molecular weight excluding hydrogens is 362 g/mol. The summed E-state index contributed by atoms with van der Waals surface area (Å²) in [5.41, 5.74) is 4.70. The Bertz CT molecular complexity index is 728. The van der Waals surface area contributed by atoms with Gasteiger partial charge in [0.25, 0.3) is 0 Å². The van der Waals surface area contributed by atoms with Crippen LogP contribution in [0.4, 0.5) is 0 Å². The highest BCUT2D eigenvalue weighted by atomic mass is 16.2. The van der Waals surface area contributed by atoms with E-state index < -0.39 is 0 Å². The van der Waals surface area contributed by atoms with Gasteiger partial charge in [-0.1, -0.05) is 20.3 Å². The van der Waals surface area contributed by atoms with Crippen molar-refractivity contribution in [3.63, 3.8) is 0 Å².